The lowest BCUT2D eigenvalue weighted by Gasteiger charge is -2.03. The number of nitrogens with one attached hydrogen (secondary N) is 1. The van der Waals surface area contributed by atoms with E-state index in [2.05, 4.69) is 10.5 Å². The molecule has 1 amide bonds. The van der Waals surface area contributed by atoms with Gasteiger partial charge in [0.2, 0.25) is 0 Å². The Hall–Kier alpha value is -3.61. The molecule has 3 rings (SSSR count). The van der Waals surface area contributed by atoms with Crippen LogP contribution in [0.25, 0.3) is 11.3 Å². The predicted octanol–water partition coefficient (Wildman–Crippen LogP) is 3.31. The molecule has 0 radical (unpaired) electrons. The van der Waals surface area contributed by atoms with Crippen LogP contribution in [0.5, 0.6) is 0 Å². The van der Waals surface area contributed by atoms with Crippen molar-refractivity contribution >= 4 is 18.1 Å². The summed E-state index contributed by atoms with van der Waals surface area (Å²) in [5.74, 6) is -0.265. The SMILES string of the molecule is Cc1cc(C(=O)O)ccc1-c1ccc(/C=N/NC(=O)c2ccco2)o1. The van der Waals surface area contributed by atoms with Crippen molar-refractivity contribution in [3.63, 3.8) is 0 Å². The van der Waals surface area contributed by atoms with E-state index >= 15 is 0 Å². The molecular weight excluding hydrogens is 324 g/mol. The van der Waals surface area contributed by atoms with Crippen LogP contribution < -0.4 is 5.43 Å². The van der Waals surface area contributed by atoms with Crippen molar-refractivity contribution in [2.45, 2.75) is 6.92 Å². The molecule has 25 heavy (non-hydrogen) atoms. The molecule has 0 atom stereocenters. The standard InChI is InChI=1S/C18H14N2O5/c1-11-9-12(18(22)23)4-6-14(11)15-7-5-13(25-15)10-19-20-17(21)16-3-2-8-24-16/h2-10H,1H3,(H,20,21)(H,22,23)/b19-10+. The van der Waals surface area contributed by atoms with Crippen LogP contribution in [-0.4, -0.2) is 23.2 Å². The van der Waals surface area contributed by atoms with Crippen LogP contribution in [0.2, 0.25) is 0 Å². The molecule has 0 aliphatic rings. The maximum Gasteiger partial charge on any atom is 0.335 e. The lowest BCUT2D eigenvalue weighted by atomic mass is 10.0. The molecule has 7 nitrogen and oxygen atoms in total. The molecule has 2 N–H and O–H groups in total. The van der Waals surface area contributed by atoms with Crippen molar-refractivity contribution in [3.8, 4) is 11.3 Å². The number of nitrogens with zero attached hydrogens (tertiary/aromatic N) is 1. The highest BCUT2D eigenvalue weighted by Crippen LogP contribution is 2.26. The van der Waals surface area contributed by atoms with E-state index < -0.39 is 11.9 Å². The second-order valence-corrected chi connectivity index (χ2v) is 5.21. The van der Waals surface area contributed by atoms with Gasteiger partial charge in [0.15, 0.2) is 5.76 Å². The zero-order valence-electron chi connectivity index (χ0n) is 13.2. The van der Waals surface area contributed by atoms with Crippen molar-refractivity contribution in [1.29, 1.82) is 0 Å². The number of rotatable bonds is 5. The number of aromatic carboxylic acids is 1. The second kappa shape index (κ2) is 6.88. The van der Waals surface area contributed by atoms with E-state index in [1.54, 1.807) is 30.3 Å². The van der Waals surface area contributed by atoms with Gasteiger partial charge in [-0.05, 0) is 48.9 Å². The van der Waals surface area contributed by atoms with Gasteiger partial charge in [0.1, 0.15) is 11.5 Å². The summed E-state index contributed by atoms with van der Waals surface area (Å²) in [6.07, 6.45) is 2.76. The van der Waals surface area contributed by atoms with Crippen molar-refractivity contribution in [2.24, 2.45) is 5.10 Å². The Balaban J connectivity index is 1.71. The molecule has 7 heteroatoms. The third-order valence-electron chi connectivity index (χ3n) is 3.47. The van der Waals surface area contributed by atoms with E-state index in [4.69, 9.17) is 13.9 Å². The predicted molar refractivity (Wildman–Crippen MR) is 89.6 cm³/mol. The van der Waals surface area contributed by atoms with Gasteiger partial charge >= 0.3 is 11.9 Å². The Morgan fingerprint density at radius 2 is 2.04 bits per heavy atom. The van der Waals surface area contributed by atoms with E-state index in [-0.39, 0.29) is 11.3 Å². The number of benzene rings is 1. The summed E-state index contributed by atoms with van der Waals surface area (Å²) in [7, 11) is 0. The normalized spacial score (nSPS) is 10.9. The Labute approximate surface area is 142 Å². The zero-order chi connectivity index (χ0) is 17.8. The second-order valence-electron chi connectivity index (χ2n) is 5.21. The molecule has 0 bridgehead atoms. The number of furan rings is 2. The minimum Gasteiger partial charge on any atom is -0.478 e. The first-order chi connectivity index (χ1) is 12.0. The molecule has 0 aliphatic carbocycles. The average Bonchev–Trinajstić information content (AvgIpc) is 3.26. The van der Waals surface area contributed by atoms with Gasteiger partial charge in [0.05, 0.1) is 18.0 Å². The van der Waals surface area contributed by atoms with Gasteiger partial charge in [-0.2, -0.15) is 5.10 Å². The molecule has 0 fully saturated rings. The molecule has 2 aromatic heterocycles. The van der Waals surface area contributed by atoms with Crippen LogP contribution in [0.1, 0.15) is 32.2 Å². The molecule has 126 valence electrons. The quantitative estimate of drug-likeness (QED) is 0.548. The molecule has 0 saturated heterocycles. The third-order valence-corrected chi connectivity index (χ3v) is 3.47. The van der Waals surface area contributed by atoms with Gasteiger partial charge in [-0.3, -0.25) is 4.79 Å². The highest BCUT2D eigenvalue weighted by Gasteiger charge is 2.10. The number of carboxylic acids is 1. The van der Waals surface area contributed by atoms with Gasteiger partial charge in [0, 0.05) is 5.56 Å². The summed E-state index contributed by atoms with van der Waals surface area (Å²) in [4.78, 5) is 22.6. The van der Waals surface area contributed by atoms with Crippen LogP contribution in [-0.2, 0) is 0 Å². The largest absolute Gasteiger partial charge is 0.478 e. The van der Waals surface area contributed by atoms with Gasteiger partial charge in [-0.1, -0.05) is 6.07 Å². The number of hydrogen-bond acceptors (Lipinski definition) is 5. The van der Waals surface area contributed by atoms with Crippen LogP contribution in [0.15, 0.2) is 62.7 Å². The summed E-state index contributed by atoms with van der Waals surface area (Å²) >= 11 is 0. The fourth-order valence-electron chi connectivity index (χ4n) is 2.26. The highest BCUT2D eigenvalue weighted by molar-refractivity contribution is 5.92. The summed E-state index contributed by atoms with van der Waals surface area (Å²) in [6.45, 7) is 1.81. The lowest BCUT2D eigenvalue weighted by Crippen LogP contribution is -2.16. The molecule has 0 unspecified atom stereocenters. The van der Waals surface area contributed by atoms with Crippen LogP contribution in [0.4, 0.5) is 0 Å². The summed E-state index contributed by atoms with van der Waals surface area (Å²) < 4.78 is 10.6. The number of carboxylic acid groups (broad SMARTS) is 1. The monoisotopic (exact) mass is 338 g/mol. The summed E-state index contributed by atoms with van der Waals surface area (Å²) in [5.41, 5.74) is 4.11. The number of aryl methyl sites for hydroxylation is 1. The molecule has 3 aromatic rings. The van der Waals surface area contributed by atoms with Gasteiger partial charge in [-0.15, -0.1) is 0 Å². The minimum absolute atomic E-state index is 0.159. The third kappa shape index (κ3) is 3.66. The van der Waals surface area contributed by atoms with Gasteiger partial charge < -0.3 is 13.9 Å². The first-order valence-corrected chi connectivity index (χ1v) is 7.35. The fraction of sp³-hybridized carbons (Fsp3) is 0.0556. The van der Waals surface area contributed by atoms with Gasteiger partial charge in [0.25, 0.3) is 0 Å². The van der Waals surface area contributed by atoms with E-state index in [0.29, 0.717) is 11.5 Å². The van der Waals surface area contributed by atoms with Crippen molar-refractivity contribution < 1.29 is 23.5 Å². The highest BCUT2D eigenvalue weighted by atomic mass is 16.4. The number of hydrogen-bond donors (Lipinski definition) is 2. The van der Waals surface area contributed by atoms with Crippen molar-refractivity contribution in [3.05, 3.63) is 71.4 Å². The first-order valence-electron chi connectivity index (χ1n) is 7.35. The number of amides is 1. The number of carbonyl (C=O) groups is 2. The van der Waals surface area contributed by atoms with E-state index in [1.165, 1.54) is 24.6 Å². The first kappa shape index (κ1) is 16.3. The van der Waals surface area contributed by atoms with E-state index in [9.17, 15) is 9.59 Å². The number of carbonyl (C=O) groups excluding carboxylic acids is 1. The topological polar surface area (TPSA) is 105 Å². The minimum atomic E-state index is -0.978. The molecular formula is C18H14N2O5. The Morgan fingerprint density at radius 1 is 1.20 bits per heavy atom. The zero-order valence-corrected chi connectivity index (χ0v) is 13.2. The van der Waals surface area contributed by atoms with Gasteiger partial charge in [-0.25, -0.2) is 10.2 Å². The Morgan fingerprint density at radius 3 is 2.72 bits per heavy atom. The van der Waals surface area contributed by atoms with Crippen LogP contribution >= 0.6 is 0 Å². The maximum absolute atomic E-state index is 11.7. The molecule has 0 spiro atoms. The number of hydrazone groups is 1. The van der Waals surface area contributed by atoms with Crippen LogP contribution in [0.3, 0.4) is 0 Å². The van der Waals surface area contributed by atoms with Crippen molar-refractivity contribution in [2.75, 3.05) is 0 Å². The smallest absolute Gasteiger partial charge is 0.335 e. The fourth-order valence-corrected chi connectivity index (χ4v) is 2.26. The van der Waals surface area contributed by atoms with E-state index in [0.717, 1.165) is 11.1 Å². The lowest BCUT2D eigenvalue weighted by molar-refractivity contribution is 0.0696. The summed E-state index contributed by atoms with van der Waals surface area (Å²) in [6, 6.07) is 11.4. The molecule has 2 heterocycles. The van der Waals surface area contributed by atoms with Crippen LogP contribution in [0, 0.1) is 6.92 Å². The summed E-state index contributed by atoms with van der Waals surface area (Å²) in [5, 5.41) is 12.8. The Bertz CT molecular complexity index is 938. The molecule has 0 aliphatic heterocycles. The molecule has 1 aromatic carbocycles. The molecule has 0 saturated carbocycles. The maximum atomic E-state index is 11.7. The Kier molecular flexibility index (Phi) is 4.47. The van der Waals surface area contributed by atoms with E-state index in [1.807, 2.05) is 6.92 Å². The van der Waals surface area contributed by atoms with Crippen molar-refractivity contribution in [1.82, 2.24) is 5.43 Å². The average molecular weight is 338 g/mol.